The number of fused-ring (bicyclic) bond motifs is 1. The molecule has 8 heteroatoms. The van der Waals surface area contributed by atoms with Crippen molar-refractivity contribution in [1.29, 1.82) is 5.26 Å². The van der Waals surface area contributed by atoms with Crippen LogP contribution < -0.4 is 9.80 Å². The monoisotopic (exact) mass is 406 g/mol. The summed E-state index contributed by atoms with van der Waals surface area (Å²) < 4.78 is 0. The van der Waals surface area contributed by atoms with Gasteiger partial charge in [0, 0.05) is 38.4 Å². The van der Waals surface area contributed by atoms with Crippen molar-refractivity contribution in [3.05, 3.63) is 48.1 Å². The Labute approximate surface area is 173 Å². The molecule has 1 aliphatic heterocycles. The number of thiophene rings is 1. The molecule has 1 aromatic carbocycles. The first-order chi connectivity index (χ1) is 14.3. The van der Waals surface area contributed by atoms with Crippen molar-refractivity contribution in [2.75, 3.05) is 49.1 Å². The predicted molar refractivity (Wildman–Crippen MR) is 115 cm³/mol. The van der Waals surface area contributed by atoms with E-state index in [2.05, 4.69) is 31.9 Å². The number of aromatic nitrogens is 2. The lowest BCUT2D eigenvalue weighted by Crippen LogP contribution is -2.50. The highest BCUT2D eigenvalue weighted by atomic mass is 32.1. The predicted octanol–water partition coefficient (Wildman–Crippen LogP) is 2.76. The maximum Gasteiger partial charge on any atom is 0.241 e. The van der Waals surface area contributed by atoms with Crippen LogP contribution in [0.3, 0.4) is 0 Å². The van der Waals surface area contributed by atoms with Crippen molar-refractivity contribution in [1.82, 2.24) is 14.9 Å². The number of hydrogen-bond donors (Lipinski definition) is 0. The number of carbonyl (C=O) groups excluding carboxylic acids is 1. The van der Waals surface area contributed by atoms with Gasteiger partial charge in [-0.05, 0) is 23.6 Å². The van der Waals surface area contributed by atoms with Crippen LogP contribution >= 0.6 is 11.3 Å². The Hall–Kier alpha value is -3.02. The van der Waals surface area contributed by atoms with Crippen molar-refractivity contribution in [2.24, 2.45) is 0 Å². The maximum atomic E-state index is 13.0. The summed E-state index contributed by atoms with van der Waals surface area (Å²) in [6.45, 7) is 3.99. The summed E-state index contributed by atoms with van der Waals surface area (Å²) in [7, 11) is 0. The molecule has 3 heterocycles. The molecule has 0 bridgehead atoms. The normalized spacial score (nSPS) is 14.7. The largest absolute Gasteiger partial charge is 0.353 e. The summed E-state index contributed by atoms with van der Waals surface area (Å²) in [5.41, 5.74) is 0.840. The van der Waals surface area contributed by atoms with Crippen LogP contribution in [0.5, 0.6) is 0 Å². The molecule has 7 nitrogen and oxygen atoms in total. The Bertz CT molecular complexity index is 1010. The summed E-state index contributed by atoms with van der Waals surface area (Å²) in [6.07, 6.45) is 1.94. The van der Waals surface area contributed by atoms with Crippen molar-refractivity contribution in [3.8, 4) is 6.07 Å². The van der Waals surface area contributed by atoms with Gasteiger partial charge in [0.25, 0.3) is 0 Å². The van der Waals surface area contributed by atoms with Gasteiger partial charge in [0.1, 0.15) is 17.0 Å². The number of anilines is 2. The van der Waals surface area contributed by atoms with Gasteiger partial charge in [-0.15, -0.1) is 11.3 Å². The second kappa shape index (κ2) is 8.99. The van der Waals surface area contributed by atoms with Crippen molar-refractivity contribution in [3.63, 3.8) is 0 Å². The van der Waals surface area contributed by atoms with Gasteiger partial charge in [-0.1, -0.05) is 18.2 Å². The average Bonchev–Trinajstić information content (AvgIpc) is 3.24. The van der Waals surface area contributed by atoms with E-state index in [4.69, 9.17) is 5.26 Å². The van der Waals surface area contributed by atoms with Gasteiger partial charge in [0.15, 0.2) is 0 Å². The van der Waals surface area contributed by atoms with E-state index in [1.807, 2.05) is 35.7 Å². The molecule has 1 fully saturated rings. The molecule has 2 aromatic heterocycles. The molecular weight excluding hydrogens is 384 g/mol. The van der Waals surface area contributed by atoms with E-state index in [1.54, 1.807) is 22.6 Å². The Kier molecular flexibility index (Phi) is 5.98. The first kappa shape index (κ1) is 19.3. The lowest BCUT2D eigenvalue weighted by atomic mass is 10.2. The first-order valence-corrected chi connectivity index (χ1v) is 10.5. The molecule has 148 valence electrons. The zero-order chi connectivity index (χ0) is 20.1. The molecule has 0 radical (unpaired) electrons. The Morgan fingerprint density at radius 3 is 2.69 bits per heavy atom. The van der Waals surface area contributed by atoms with Gasteiger partial charge >= 0.3 is 0 Å². The fourth-order valence-electron chi connectivity index (χ4n) is 3.59. The molecule has 4 rings (SSSR count). The van der Waals surface area contributed by atoms with Crippen molar-refractivity contribution < 1.29 is 4.79 Å². The van der Waals surface area contributed by atoms with Crippen molar-refractivity contribution >= 4 is 39.0 Å². The summed E-state index contributed by atoms with van der Waals surface area (Å²) in [5.74, 6) is 1.00. The number of hydrogen-bond acceptors (Lipinski definition) is 7. The number of piperazine rings is 1. The molecule has 1 amide bonds. The lowest BCUT2D eigenvalue weighted by molar-refractivity contribution is -0.119. The number of rotatable bonds is 6. The molecule has 1 aliphatic rings. The SMILES string of the molecule is N#CCCN(C(=O)CN1CCN(c2ncnc3sccc23)CC1)c1ccccc1. The zero-order valence-electron chi connectivity index (χ0n) is 16.1. The third-order valence-corrected chi connectivity index (χ3v) is 5.91. The van der Waals surface area contributed by atoms with Gasteiger partial charge < -0.3 is 9.80 Å². The number of nitriles is 1. The Morgan fingerprint density at radius 2 is 1.93 bits per heavy atom. The van der Waals surface area contributed by atoms with Crippen LogP contribution in [0.2, 0.25) is 0 Å². The number of carbonyl (C=O) groups is 1. The van der Waals surface area contributed by atoms with Crippen LogP contribution in [-0.4, -0.2) is 60.0 Å². The summed E-state index contributed by atoms with van der Waals surface area (Å²) in [6, 6.07) is 13.8. The Balaban J connectivity index is 1.39. The van der Waals surface area contributed by atoms with Crippen LogP contribution in [0.25, 0.3) is 10.2 Å². The number of amides is 1. The van der Waals surface area contributed by atoms with E-state index in [1.165, 1.54) is 0 Å². The van der Waals surface area contributed by atoms with Crippen LogP contribution in [0.4, 0.5) is 11.5 Å². The second-order valence-corrected chi connectivity index (χ2v) is 7.78. The molecule has 0 saturated carbocycles. The van der Waals surface area contributed by atoms with Gasteiger partial charge in [0.05, 0.1) is 24.4 Å². The van der Waals surface area contributed by atoms with Crippen LogP contribution in [0.1, 0.15) is 6.42 Å². The highest BCUT2D eigenvalue weighted by Gasteiger charge is 2.24. The molecule has 0 spiro atoms. The number of nitrogens with zero attached hydrogens (tertiary/aromatic N) is 6. The van der Waals surface area contributed by atoms with Gasteiger partial charge in [-0.2, -0.15) is 5.26 Å². The Morgan fingerprint density at radius 1 is 1.14 bits per heavy atom. The third-order valence-electron chi connectivity index (χ3n) is 5.09. The van der Waals surface area contributed by atoms with Gasteiger partial charge in [0.2, 0.25) is 5.91 Å². The standard InChI is InChI=1S/C21H22N6OS/c22-8-4-9-27(17-5-2-1-3-6-17)19(28)15-25-10-12-26(13-11-25)20-18-7-14-29-21(18)24-16-23-20/h1-3,5-7,14,16H,4,9-13,15H2. The highest BCUT2D eigenvalue weighted by molar-refractivity contribution is 7.16. The van der Waals surface area contributed by atoms with Crippen molar-refractivity contribution in [2.45, 2.75) is 6.42 Å². The fraction of sp³-hybridized carbons (Fsp3) is 0.333. The zero-order valence-corrected chi connectivity index (χ0v) is 16.9. The minimum absolute atomic E-state index is 0.0298. The van der Waals surface area contributed by atoms with Crippen LogP contribution in [0.15, 0.2) is 48.1 Å². The molecule has 0 unspecified atom stereocenters. The number of para-hydroxylation sites is 1. The van der Waals surface area contributed by atoms with Gasteiger partial charge in [-0.25, -0.2) is 9.97 Å². The lowest BCUT2D eigenvalue weighted by Gasteiger charge is -2.36. The minimum atomic E-state index is 0.0298. The minimum Gasteiger partial charge on any atom is -0.353 e. The maximum absolute atomic E-state index is 13.0. The third kappa shape index (κ3) is 4.36. The first-order valence-electron chi connectivity index (χ1n) is 9.64. The molecule has 3 aromatic rings. The molecule has 29 heavy (non-hydrogen) atoms. The fourth-order valence-corrected chi connectivity index (χ4v) is 4.32. The summed E-state index contributed by atoms with van der Waals surface area (Å²) in [5, 5.41) is 12.1. The van der Waals surface area contributed by atoms with E-state index in [9.17, 15) is 4.79 Å². The van der Waals surface area contributed by atoms with E-state index in [0.717, 1.165) is 47.9 Å². The number of benzene rings is 1. The molecule has 0 N–H and O–H groups in total. The molecule has 1 saturated heterocycles. The van der Waals surface area contributed by atoms with Gasteiger partial charge in [-0.3, -0.25) is 9.69 Å². The van der Waals surface area contributed by atoms with Crippen LogP contribution in [-0.2, 0) is 4.79 Å². The smallest absolute Gasteiger partial charge is 0.241 e. The van der Waals surface area contributed by atoms with E-state index in [-0.39, 0.29) is 5.91 Å². The van der Waals surface area contributed by atoms with Crippen LogP contribution in [0, 0.1) is 11.3 Å². The molecular formula is C21H22N6OS. The summed E-state index contributed by atoms with van der Waals surface area (Å²) >= 11 is 1.62. The average molecular weight is 407 g/mol. The molecule has 0 atom stereocenters. The van der Waals surface area contributed by atoms with E-state index >= 15 is 0 Å². The second-order valence-electron chi connectivity index (χ2n) is 6.89. The topological polar surface area (TPSA) is 76.4 Å². The quantitative estimate of drug-likeness (QED) is 0.627. The van der Waals surface area contributed by atoms with E-state index < -0.39 is 0 Å². The highest BCUT2D eigenvalue weighted by Crippen LogP contribution is 2.27. The van der Waals surface area contributed by atoms with E-state index in [0.29, 0.717) is 19.5 Å². The summed E-state index contributed by atoms with van der Waals surface area (Å²) in [4.78, 5) is 28.9. The molecule has 0 aliphatic carbocycles.